The van der Waals surface area contributed by atoms with E-state index in [1.807, 2.05) is 29.5 Å². The molecular weight excluding hydrogens is 424 g/mol. The molecule has 0 atom stereocenters. The third kappa shape index (κ3) is 4.63. The van der Waals surface area contributed by atoms with Crippen LogP contribution < -0.4 is 0 Å². The molecule has 32 heavy (non-hydrogen) atoms. The summed E-state index contributed by atoms with van der Waals surface area (Å²) < 4.78 is 1.79. The van der Waals surface area contributed by atoms with Crippen LogP contribution in [0.15, 0.2) is 29.9 Å². The second-order valence-corrected chi connectivity index (χ2v) is 9.09. The van der Waals surface area contributed by atoms with Gasteiger partial charge in [-0.2, -0.15) is 5.10 Å². The van der Waals surface area contributed by atoms with Crippen molar-refractivity contribution in [2.24, 2.45) is 0 Å². The summed E-state index contributed by atoms with van der Waals surface area (Å²) in [4.78, 5) is 36.7. The highest BCUT2D eigenvalue weighted by Crippen LogP contribution is 2.42. The molecule has 0 radical (unpaired) electrons. The monoisotopic (exact) mass is 452 g/mol. The van der Waals surface area contributed by atoms with Gasteiger partial charge in [-0.05, 0) is 50.7 Å². The van der Waals surface area contributed by atoms with Gasteiger partial charge in [0.15, 0.2) is 0 Å². The van der Waals surface area contributed by atoms with Crippen molar-refractivity contribution in [1.29, 1.82) is 0 Å². The van der Waals surface area contributed by atoms with E-state index in [9.17, 15) is 4.79 Å². The molecule has 2 fully saturated rings. The molecule has 0 spiro atoms. The maximum atomic E-state index is 13.2. The molecule has 1 saturated heterocycles. The number of aromatic nitrogens is 4. The molecule has 1 aliphatic heterocycles. The van der Waals surface area contributed by atoms with Crippen molar-refractivity contribution in [2.75, 3.05) is 33.2 Å². The lowest BCUT2D eigenvalue weighted by Gasteiger charge is -2.32. The van der Waals surface area contributed by atoms with Gasteiger partial charge in [-0.15, -0.1) is 11.3 Å². The van der Waals surface area contributed by atoms with Crippen LogP contribution in [-0.4, -0.2) is 75.0 Å². The standard InChI is InChI=1S/C21H24N6OS.C2H4O/c1-14-12-22-21(24-18(14)17-4-3-11-29-17)27-19(15-5-6-15)16(13-23-27)20(28)26-9-7-25(2)8-10-26;1-2-3/h3-4,11-13,15H,5-10H2,1-2H3;2H,1H3. The van der Waals surface area contributed by atoms with Gasteiger partial charge in [-0.1, -0.05) is 6.07 Å². The van der Waals surface area contributed by atoms with Crippen LogP contribution in [0.2, 0.25) is 0 Å². The topological polar surface area (TPSA) is 84.2 Å². The first-order valence-electron chi connectivity index (χ1n) is 10.9. The van der Waals surface area contributed by atoms with Crippen molar-refractivity contribution in [3.8, 4) is 16.5 Å². The van der Waals surface area contributed by atoms with E-state index < -0.39 is 0 Å². The van der Waals surface area contributed by atoms with Crippen LogP contribution in [0.3, 0.4) is 0 Å². The molecule has 1 amide bonds. The number of nitrogens with zero attached hydrogens (tertiary/aromatic N) is 6. The minimum atomic E-state index is 0.0804. The largest absolute Gasteiger partial charge is 0.336 e. The predicted octanol–water partition coefficient (Wildman–Crippen LogP) is 3.17. The van der Waals surface area contributed by atoms with Crippen molar-refractivity contribution in [1.82, 2.24) is 29.5 Å². The maximum absolute atomic E-state index is 13.2. The number of aryl methyl sites for hydroxylation is 1. The third-order valence-corrected chi connectivity index (χ3v) is 6.57. The SMILES string of the molecule is CC=O.Cc1cnc(-n2ncc(C(=O)N3CCN(C)CC3)c2C2CC2)nc1-c1cccs1. The molecule has 1 aliphatic carbocycles. The van der Waals surface area contributed by atoms with Crippen LogP contribution in [0.4, 0.5) is 0 Å². The van der Waals surface area contributed by atoms with E-state index in [1.165, 1.54) is 6.92 Å². The zero-order chi connectivity index (χ0) is 22.7. The molecule has 0 bridgehead atoms. The molecule has 0 aromatic carbocycles. The zero-order valence-electron chi connectivity index (χ0n) is 18.7. The average molecular weight is 453 g/mol. The Hall–Kier alpha value is -2.91. The van der Waals surface area contributed by atoms with Gasteiger partial charge in [-0.3, -0.25) is 4.79 Å². The van der Waals surface area contributed by atoms with E-state index in [-0.39, 0.29) is 5.91 Å². The summed E-state index contributed by atoms with van der Waals surface area (Å²) in [5.74, 6) is 0.981. The van der Waals surface area contributed by atoms with Gasteiger partial charge in [0, 0.05) is 38.3 Å². The Morgan fingerprint density at radius 3 is 2.53 bits per heavy atom. The minimum absolute atomic E-state index is 0.0804. The normalized spacial score (nSPS) is 16.4. The lowest BCUT2D eigenvalue weighted by atomic mass is 10.1. The molecule has 3 aromatic heterocycles. The summed E-state index contributed by atoms with van der Waals surface area (Å²) in [6.45, 7) is 6.79. The molecule has 0 N–H and O–H groups in total. The fourth-order valence-corrected chi connectivity index (χ4v) is 4.59. The van der Waals surface area contributed by atoms with Gasteiger partial charge in [0.1, 0.15) is 6.29 Å². The number of aldehydes is 1. The Kier molecular flexibility index (Phi) is 6.76. The number of hydrogen-bond donors (Lipinski definition) is 0. The molecule has 0 unspecified atom stereocenters. The number of carbonyl (C=O) groups is 2. The Balaban J connectivity index is 0.000000775. The number of piperazine rings is 1. The van der Waals surface area contributed by atoms with Crippen LogP contribution in [0.1, 0.15) is 47.3 Å². The number of thiophene rings is 1. The summed E-state index contributed by atoms with van der Waals surface area (Å²) in [7, 11) is 2.09. The van der Waals surface area contributed by atoms with Crippen LogP contribution in [0.25, 0.3) is 16.5 Å². The molecule has 4 heterocycles. The summed E-state index contributed by atoms with van der Waals surface area (Å²) in [5, 5.41) is 6.62. The molecule has 2 aliphatic rings. The lowest BCUT2D eigenvalue weighted by Crippen LogP contribution is -2.47. The molecule has 5 rings (SSSR count). The molecule has 168 valence electrons. The third-order valence-electron chi connectivity index (χ3n) is 5.69. The Bertz CT molecular complexity index is 1080. The molecular formula is C23H28N6O2S. The number of hydrogen-bond acceptors (Lipinski definition) is 7. The highest BCUT2D eigenvalue weighted by Gasteiger charge is 2.35. The Labute approximate surface area is 191 Å². The highest BCUT2D eigenvalue weighted by atomic mass is 32.1. The number of carbonyl (C=O) groups excluding carboxylic acids is 2. The molecule has 1 saturated carbocycles. The van der Waals surface area contributed by atoms with Gasteiger partial charge in [-0.25, -0.2) is 14.6 Å². The van der Waals surface area contributed by atoms with Crippen molar-refractivity contribution in [3.05, 3.63) is 46.7 Å². The van der Waals surface area contributed by atoms with Crippen molar-refractivity contribution in [3.63, 3.8) is 0 Å². The van der Waals surface area contributed by atoms with Gasteiger partial charge in [0.25, 0.3) is 11.9 Å². The van der Waals surface area contributed by atoms with Crippen molar-refractivity contribution in [2.45, 2.75) is 32.6 Å². The van der Waals surface area contributed by atoms with E-state index >= 15 is 0 Å². The summed E-state index contributed by atoms with van der Waals surface area (Å²) in [6.07, 6.45) is 6.47. The van der Waals surface area contributed by atoms with Crippen molar-refractivity contribution >= 4 is 23.5 Å². The number of rotatable bonds is 4. The predicted molar refractivity (Wildman–Crippen MR) is 124 cm³/mol. The number of amides is 1. The van der Waals surface area contributed by atoms with Crippen LogP contribution in [0.5, 0.6) is 0 Å². The van der Waals surface area contributed by atoms with Gasteiger partial charge < -0.3 is 14.6 Å². The van der Waals surface area contributed by atoms with E-state index in [4.69, 9.17) is 9.78 Å². The Morgan fingerprint density at radius 2 is 1.91 bits per heavy atom. The van der Waals surface area contributed by atoms with Crippen LogP contribution in [-0.2, 0) is 4.79 Å². The van der Waals surface area contributed by atoms with Gasteiger partial charge in [0.2, 0.25) is 0 Å². The van der Waals surface area contributed by atoms with E-state index in [1.54, 1.807) is 22.2 Å². The van der Waals surface area contributed by atoms with Gasteiger partial charge >= 0.3 is 0 Å². The quantitative estimate of drug-likeness (QED) is 0.566. The second-order valence-electron chi connectivity index (χ2n) is 8.14. The summed E-state index contributed by atoms with van der Waals surface area (Å²) in [5.41, 5.74) is 3.63. The van der Waals surface area contributed by atoms with E-state index in [0.29, 0.717) is 17.4 Å². The Morgan fingerprint density at radius 1 is 1.19 bits per heavy atom. The smallest absolute Gasteiger partial charge is 0.257 e. The van der Waals surface area contributed by atoms with Crippen LogP contribution >= 0.6 is 11.3 Å². The molecule has 3 aromatic rings. The lowest BCUT2D eigenvalue weighted by molar-refractivity contribution is -0.106. The van der Waals surface area contributed by atoms with Gasteiger partial charge in [0.05, 0.1) is 28.0 Å². The average Bonchev–Trinajstić information content (AvgIpc) is 3.30. The number of likely N-dealkylation sites (N-methyl/N-ethyl adjacent to an activating group) is 1. The summed E-state index contributed by atoms with van der Waals surface area (Å²) in [6, 6.07) is 4.09. The summed E-state index contributed by atoms with van der Waals surface area (Å²) >= 11 is 1.66. The molecule has 8 nitrogen and oxygen atoms in total. The first-order chi connectivity index (χ1) is 15.5. The fourth-order valence-electron chi connectivity index (χ4n) is 3.81. The van der Waals surface area contributed by atoms with E-state index in [2.05, 4.69) is 28.1 Å². The maximum Gasteiger partial charge on any atom is 0.257 e. The highest BCUT2D eigenvalue weighted by molar-refractivity contribution is 7.13. The first-order valence-corrected chi connectivity index (χ1v) is 11.7. The zero-order valence-corrected chi connectivity index (χ0v) is 19.5. The molecule has 9 heteroatoms. The second kappa shape index (κ2) is 9.70. The van der Waals surface area contributed by atoms with E-state index in [0.717, 1.165) is 67.1 Å². The minimum Gasteiger partial charge on any atom is -0.336 e. The first kappa shape index (κ1) is 22.3. The van der Waals surface area contributed by atoms with Crippen molar-refractivity contribution < 1.29 is 9.59 Å². The fraction of sp³-hybridized carbons (Fsp3) is 0.435. The van der Waals surface area contributed by atoms with Crippen LogP contribution in [0, 0.1) is 6.92 Å².